The predicted octanol–water partition coefficient (Wildman–Crippen LogP) is 0.697. The second-order valence-electron chi connectivity index (χ2n) is 1.54. The number of ether oxygens (including phenoxy) is 1. The Morgan fingerprint density at radius 2 is 2.50 bits per heavy atom. The van der Waals surface area contributed by atoms with E-state index in [2.05, 4.69) is 12.5 Å². The topological polar surface area (TPSA) is 29.5 Å². The van der Waals surface area contributed by atoms with Gasteiger partial charge in [0, 0.05) is 0 Å². The minimum absolute atomic E-state index is 0.391. The largest absolute Gasteiger partial charge is 0.498 e. The summed E-state index contributed by atoms with van der Waals surface area (Å²) in [5.41, 5.74) is 0. The average Bonchev–Trinajstić information content (AvgIpc) is 1.98. The molecule has 0 saturated heterocycles. The first-order chi connectivity index (χ1) is 4.81. The Bertz CT molecular complexity index is 153. The van der Waals surface area contributed by atoms with E-state index in [1.54, 1.807) is 6.08 Å². The van der Waals surface area contributed by atoms with E-state index >= 15 is 0 Å². The lowest BCUT2D eigenvalue weighted by Gasteiger charge is -1.93. The lowest BCUT2D eigenvalue weighted by Crippen LogP contribution is -1.96. The molecule has 0 heterocycles. The van der Waals surface area contributed by atoms with E-state index in [0.717, 1.165) is 0 Å². The molecule has 0 amide bonds. The molecule has 2 heteroatoms. The van der Waals surface area contributed by atoms with Gasteiger partial charge in [-0.2, -0.15) is 0 Å². The highest BCUT2D eigenvalue weighted by Gasteiger charge is 1.86. The third-order valence-corrected chi connectivity index (χ3v) is 0.799. The van der Waals surface area contributed by atoms with Crippen molar-refractivity contribution in [2.75, 3.05) is 6.61 Å². The molecule has 1 unspecified atom stereocenters. The Labute approximate surface area is 60.8 Å². The average molecular weight is 138 g/mol. The van der Waals surface area contributed by atoms with Crippen molar-refractivity contribution in [2.45, 2.75) is 6.10 Å². The summed E-state index contributed by atoms with van der Waals surface area (Å²) in [6.07, 6.45) is 8.50. The molecule has 0 aromatic carbocycles. The van der Waals surface area contributed by atoms with E-state index in [0.29, 0.717) is 6.61 Å². The highest BCUT2D eigenvalue weighted by atomic mass is 16.5. The highest BCUT2D eigenvalue weighted by molar-refractivity contribution is 5.06. The monoisotopic (exact) mass is 138 g/mol. The van der Waals surface area contributed by atoms with Crippen LogP contribution in [0.5, 0.6) is 0 Å². The molecule has 0 saturated carbocycles. The van der Waals surface area contributed by atoms with Gasteiger partial charge < -0.3 is 9.84 Å². The molecule has 54 valence electrons. The van der Waals surface area contributed by atoms with Crippen molar-refractivity contribution >= 4 is 0 Å². The van der Waals surface area contributed by atoms with Crippen molar-refractivity contribution in [1.82, 2.24) is 0 Å². The number of aliphatic hydroxyl groups is 1. The molecule has 1 atom stereocenters. The van der Waals surface area contributed by atoms with Gasteiger partial charge in [-0.1, -0.05) is 12.5 Å². The lowest BCUT2D eigenvalue weighted by molar-refractivity contribution is 0.271. The van der Waals surface area contributed by atoms with Crippen LogP contribution in [0, 0.1) is 12.3 Å². The summed E-state index contributed by atoms with van der Waals surface area (Å²) in [5.74, 6) is 2.13. The standard InChI is InChI=1S/C8H10O2/c1-3-8(9)6-5-7-10-4-2/h1,4-6,8-9H,2,7H2. The molecule has 10 heavy (non-hydrogen) atoms. The molecule has 0 fully saturated rings. The van der Waals surface area contributed by atoms with Crippen molar-refractivity contribution in [2.24, 2.45) is 0 Å². The number of hydrogen-bond acceptors (Lipinski definition) is 2. The summed E-state index contributed by atoms with van der Waals surface area (Å²) in [5, 5.41) is 8.75. The molecule has 0 aromatic heterocycles. The smallest absolute Gasteiger partial charge is 0.133 e. The van der Waals surface area contributed by atoms with Crippen LogP contribution < -0.4 is 0 Å². The Morgan fingerprint density at radius 1 is 1.80 bits per heavy atom. The van der Waals surface area contributed by atoms with Crippen LogP contribution in [0.15, 0.2) is 25.0 Å². The van der Waals surface area contributed by atoms with E-state index in [4.69, 9.17) is 16.3 Å². The van der Waals surface area contributed by atoms with Gasteiger partial charge in [0.25, 0.3) is 0 Å². The maximum atomic E-state index is 8.75. The number of aliphatic hydroxyl groups excluding tert-OH is 1. The fraction of sp³-hybridized carbons (Fsp3) is 0.250. The number of hydrogen-bond donors (Lipinski definition) is 1. The molecule has 2 nitrogen and oxygen atoms in total. The van der Waals surface area contributed by atoms with Gasteiger partial charge in [0.1, 0.15) is 12.7 Å². The SMILES string of the molecule is C#CC(O)C=CCOC=C. The van der Waals surface area contributed by atoms with Crippen LogP contribution in [0.4, 0.5) is 0 Å². The van der Waals surface area contributed by atoms with Crippen LogP contribution in [-0.4, -0.2) is 17.8 Å². The van der Waals surface area contributed by atoms with Crippen molar-refractivity contribution < 1.29 is 9.84 Å². The van der Waals surface area contributed by atoms with Gasteiger partial charge in [0.15, 0.2) is 0 Å². The third kappa shape index (κ3) is 4.95. The minimum atomic E-state index is -0.812. The van der Waals surface area contributed by atoms with Crippen LogP contribution in [0.3, 0.4) is 0 Å². The van der Waals surface area contributed by atoms with E-state index in [-0.39, 0.29) is 0 Å². The van der Waals surface area contributed by atoms with Crippen LogP contribution in [-0.2, 0) is 4.74 Å². The minimum Gasteiger partial charge on any atom is -0.498 e. The molecular formula is C8H10O2. The molecule has 0 aliphatic heterocycles. The van der Waals surface area contributed by atoms with Crippen molar-refractivity contribution in [1.29, 1.82) is 0 Å². The molecule has 0 aromatic rings. The van der Waals surface area contributed by atoms with Gasteiger partial charge >= 0.3 is 0 Å². The molecular weight excluding hydrogens is 128 g/mol. The summed E-state index contributed by atoms with van der Waals surface area (Å²) in [4.78, 5) is 0. The van der Waals surface area contributed by atoms with Crippen LogP contribution in [0.2, 0.25) is 0 Å². The fourth-order valence-electron chi connectivity index (χ4n) is 0.364. The van der Waals surface area contributed by atoms with Crippen molar-refractivity contribution in [3.05, 3.63) is 25.0 Å². The second kappa shape index (κ2) is 5.93. The molecule has 0 spiro atoms. The number of terminal acetylenes is 1. The van der Waals surface area contributed by atoms with Gasteiger partial charge in [0.2, 0.25) is 0 Å². The molecule has 0 rings (SSSR count). The first kappa shape index (κ1) is 8.80. The normalized spacial score (nSPS) is 12.4. The third-order valence-electron chi connectivity index (χ3n) is 0.799. The van der Waals surface area contributed by atoms with Crippen LogP contribution >= 0.6 is 0 Å². The van der Waals surface area contributed by atoms with Crippen molar-refractivity contribution in [3.8, 4) is 12.3 Å². The Morgan fingerprint density at radius 3 is 3.00 bits per heavy atom. The highest BCUT2D eigenvalue weighted by Crippen LogP contribution is 1.83. The van der Waals surface area contributed by atoms with Gasteiger partial charge in [-0.05, 0) is 12.2 Å². The van der Waals surface area contributed by atoms with Gasteiger partial charge in [0.05, 0.1) is 6.26 Å². The zero-order chi connectivity index (χ0) is 7.82. The zero-order valence-electron chi connectivity index (χ0n) is 5.66. The molecule has 0 aliphatic carbocycles. The summed E-state index contributed by atoms with van der Waals surface area (Å²) >= 11 is 0. The van der Waals surface area contributed by atoms with Gasteiger partial charge in [-0.15, -0.1) is 6.42 Å². The van der Waals surface area contributed by atoms with E-state index in [1.165, 1.54) is 12.3 Å². The maximum Gasteiger partial charge on any atom is 0.133 e. The Kier molecular flexibility index (Phi) is 5.22. The first-order valence-corrected chi connectivity index (χ1v) is 2.84. The predicted molar refractivity (Wildman–Crippen MR) is 40.1 cm³/mol. The first-order valence-electron chi connectivity index (χ1n) is 2.84. The van der Waals surface area contributed by atoms with E-state index < -0.39 is 6.10 Å². The summed E-state index contributed by atoms with van der Waals surface area (Å²) in [6, 6.07) is 0. The summed E-state index contributed by atoms with van der Waals surface area (Å²) in [7, 11) is 0. The molecule has 0 bridgehead atoms. The maximum absolute atomic E-state index is 8.75. The van der Waals surface area contributed by atoms with Crippen LogP contribution in [0.25, 0.3) is 0 Å². The van der Waals surface area contributed by atoms with Crippen LogP contribution in [0.1, 0.15) is 0 Å². The summed E-state index contributed by atoms with van der Waals surface area (Å²) < 4.78 is 4.73. The van der Waals surface area contributed by atoms with Gasteiger partial charge in [-0.25, -0.2) is 0 Å². The molecule has 1 N–H and O–H groups in total. The van der Waals surface area contributed by atoms with E-state index in [1.807, 2.05) is 0 Å². The zero-order valence-corrected chi connectivity index (χ0v) is 5.66. The van der Waals surface area contributed by atoms with Crippen molar-refractivity contribution in [3.63, 3.8) is 0 Å². The Hall–Kier alpha value is -1.20. The summed E-state index contributed by atoms with van der Waals surface area (Å²) in [6.45, 7) is 3.73. The quantitative estimate of drug-likeness (QED) is 0.268. The lowest BCUT2D eigenvalue weighted by atomic mass is 10.3. The molecule has 0 radical (unpaired) electrons. The fourth-order valence-corrected chi connectivity index (χ4v) is 0.364. The van der Waals surface area contributed by atoms with E-state index in [9.17, 15) is 0 Å². The van der Waals surface area contributed by atoms with Gasteiger partial charge in [-0.3, -0.25) is 0 Å². The Balaban J connectivity index is 3.38. The second-order valence-corrected chi connectivity index (χ2v) is 1.54. The number of rotatable bonds is 4. The molecule has 0 aliphatic rings.